The molecule has 0 saturated heterocycles. The molecule has 5 rings (SSSR count). The van der Waals surface area contributed by atoms with Gasteiger partial charge in [-0.2, -0.15) is 0 Å². The van der Waals surface area contributed by atoms with Crippen LogP contribution in [-0.4, -0.2) is 11.7 Å². The van der Waals surface area contributed by atoms with E-state index < -0.39 is 6.04 Å². The van der Waals surface area contributed by atoms with Gasteiger partial charge in [-0.05, 0) is 64.8 Å². The summed E-state index contributed by atoms with van der Waals surface area (Å²) in [6.07, 6.45) is 0.999. The number of hydrogen-bond acceptors (Lipinski definition) is 3. The third-order valence-corrected chi connectivity index (χ3v) is 7.80. The number of amides is 1. The Hall–Kier alpha value is -3.08. The van der Waals surface area contributed by atoms with Crippen LogP contribution in [0.1, 0.15) is 69.2 Å². The maximum absolute atomic E-state index is 13.9. The number of benzene rings is 3. The highest BCUT2D eigenvalue weighted by molar-refractivity contribution is 6.31. The third-order valence-electron chi connectivity index (χ3n) is 7.32. The van der Waals surface area contributed by atoms with E-state index in [-0.39, 0.29) is 23.0 Å². The van der Waals surface area contributed by atoms with Gasteiger partial charge in [0, 0.05) is 34.7 Å². The molecule has 3 aromatic rings. The van der Waals surface area contributed by atoms with Gasteiger partial charge in [0.15, 0.2) is 5.78 Å². The summed E-state index contributed by atoms with van der Waals surface area (Å²) in [6.45, 7) is 8.05. The standard InChI is InChI=1S/C31H30Cl2N2O2/c1-18(36)35-27-14-13-24(33)17-25(27)34-26-15-21(19-7-11-23(32)12-8-19)16-28(37)29(26)30(35)20-5-9-22(10-6-20)31(2,3)4/h5-14,17,21,30,34H,15-16H2,1-4H3. The van der Waals surface area contributed by atoms with Crippen molar-refractivity contribution in [3.8, 4) is 0 Å². The molecular formula is C31H30Cl2N2O2. The molecule has 2 unspecified atom stereocenters. The van der Waals surface area contributed by atoms with Crippen molar-refractivity contribution in [1.82, 2.24) is 0 Å². The van der Waals surface area contributed by atoms with E-state index in [0.29, 0.717) is 39.8 Å². The maximum atomic E-state index is 13.9. The number of anilines is 2. The van der Waals surface area contributed by atoms with Crippen LogP contribution in [0.25, 0.3) is 0 Å². The van der Waals surface area contributed by atoms with E-state index in [0.717, 1.165) is 16.8 Å². The minimum absolute atomic E-state index is 0.00597. The normalized spacial score (nSPS) is 19.6. The number of nitrogens with one attached hydrogen (secondary N) is 1. The Bertz CT molecular complexity index is 1400. The van der Waals surface area contributed by atoms with Crippen LogP contribution >= 0.6 is 23.2 Å². The average molecular weight is 533 g/mol. The molecule has 4 nitrogen and oxygen atoms in total. The fraction of sp³-hybridized carbons (Fsp3) is 0.290. The highest BCUT2D eigenvalue weighted by atomic mass is 35.5. The molecule has 1 amide bonds. The molecule has 0 fully saturated rings. The van der Waals surface area contributed by atoms with E-state index in [1.807, 2.05) is 48.5 Å². The van der Waals surface area contributed by atoms with Gasteiger partial charge in [-0.1, -0.05) is 80.4 Å². The van der Waals surface area contributed by atoms with Gasteiger partial charge in [-0.25, -0.2) is 0 Å². The smallest absolute Gasteiger partial charge is 0.224 e. The average Bonchev–Trinajstić information content (AvgIpc) is 2.98. The largest absolute Gasteiger partial charge is 0.357 e. The first-order valence-corrected chi connectivity index (χ1v) is 13.3. The van der Waals surface area contributed by atoms with Gasteiger partial charge in [0.1, 0.15) is 0 Å². The monoisotopic (exact) mass is 532 g/mol. The van der Waals surface area contributed by atoms with Crippen LogP contribution in [-0.2, 0) is 15.0 Å². The molecule has 6 heteroatoms. The molecule has 190 valence electrons. The number of allylic oxidation sites excluding steroid dienone is 1. The minimum Gasteiger partial charge on any atom is -0.357 e. The Morgan fingerprint density at radius 2 is 1.51 bits per heavy atom. The number of hydrogen-bond donors (Lipinski definition) is 1. The van der Waals surface area contributed by atoms with Crippen molar-refractivity contribution in [1.29, 1.82) is 0 Å². The predicted molar refractivity (Wildman–Crippen MR) is 152 cm³/mol. The van der Waals surface area contributed by atoms with Gasteiger partial charge in [-0.15, -0.1) is 0 Å². The molecule has 1 aliphatic heterocycles. The highest BCUT2D eigenvalue weighted by Crippen LogP contribution is 2.48. The number of rotatable bonds is 2. The summed E-state index contributed by atoms with van der Waals surface area (Å²) < 4.78 is 0. The first kappa shape index (κ1) is 25.6. The first-order chi connectivity index (χ1) is 17.5. The summed E-state index contributed by atoms with van der Waals surface area (Å²) in [5, 5.41) is 4.74. The fourth-order valence-electron chi connectivity index (χ4n) is 5.42. The summed E-state index contributed by atoms with van der Waals surface area (Å²) in [5.74, 6) is -0.105. The number of ketones is 1. The molecule has 0 aromatic heterocycles. The zero-order valence-corrected chi connectivity index (χ0v) is 23.0. The summed E-state index contributed by atoms with van der Waals surface area (Å²) in [5.41, 5.74) is 6.03. The molecular weight excluding hydrogens is 503 g/mol. The van der Waals surface area contributed by atoms with Crippen LogP contribution in [0.3, 0.4) is 0 Å². The van der Waals surface area contributed by atoms with Gasteiger partial charge < -0.3 is 5.32 Å². The maximum Gasteiger partial charge on any atom is 0.224 e. The Kier molecular flexibility index (Phi) is 6.68. The summed E-state index contributed by atoms with van der Waals surface area (Å²) in [6, 6.07) is 20.9. The second-order valence-electron chi connectivity index (χ2n) is 10.9. The zero-order chi connectivity index (χ0) is 26.5. The number of carbonyl (C=O) groups is 2. The molecule has 0 bridgehead atoms. The Balaban J connectivity index is 1.69. The van der Waals surface area contributed by atoms with Crippen LogP contribution in [0.2, 0.25) is 10.0 Å². The number of fused-ring (bicyclic) bond motifs is 1. The Labute approximate surface area is 228 Å². The van der Waals surface area contributed by atoms with Crippen molar-refractivity contribution in [2.75, 3.05) is 10.2 Å². The van der Waals surface area contributed by atoms with Crippen LogP contribution in [0, 0.1) is 0 Å². The van der Waals surface area contributed by atoms with E-state index in [9.17, 15) is 9.59 Å². The minimum atomic E-state index is -0.546. The van der Waals surface area contributed by atoms with E-state index in [2.05, 4.69) is 38.2 Å². The topological polar surface area (TPSA) is 49.4 Å². The molecule has 0 saturated carbocycles. The van der Waals surface area contributed by atoms with Gasteiger partial charge in [0.25, 0.3) is 0 Å². The van der Waals surface area contributed by atoms with Crippen molar-refractivity contribution in [2.24, 2.45) is 0 Å². The molecule has 1 aliphatic carbocycles. The lowest BCUT2D eigenvalue weighted by molar-refractivity contribution is -0.117. The molecule has 3 aromatic carbocycles. The van der Waals surface area contributed by atoms with Crippen molar-refractivity contribution in [3.05, 3.63) is 105 Å². The molecule has 0 spiro atoms. The van der Waals surface area contributed by atoms with Crippen molar-refractivity contribution in [2.45, 2.75) is 57.9 Å². The van der Waals surface area contributed by atoms with Crippen LogP contribution in [0.4, 0.5) is 11.4 Å². The lowest BCUT2D eigenvalue weighted by Crippen LogP contribution is -2.37. The SMILES string of the molecule is CC(=O)N1c2ccc(Cl)cc2NC2=C(C(=O)CC(c3ccc(Cl)cc3)C2)C1c1ccc(C(C)(C)C)cc1. The van der Waals surface area contributed by atoms with Crippen molar-refractivity contribution < 1.29 is 9.59 Å². The van der Waals surface area contributed by atoms with E-state index in [1.165, 1.54) is 5.56 Å². The van der Waals surface area contributed by atoms with E-state index in [4.69, 9.17) is 23.2 Å². The highest BCUT2D eigenvalue weighted by Gasteiger charge is 2.41. The van der Waals surface area contributed by atoms with Gasteiger partial charge in [-0.3, -0.25) is 14.5 Å². The first-order valence-electron chi connectivity index (χ1n) is 12.5. The quantitative estimate of drug-likeness (QED) is 0.361. The molecule has 1 heterocycles. The van der Waals surface area contributed by atoms with Crippen LogP contribution in [0.5, 0.6) is 0 Å². The molecule has 2 atom stereocenters. The Morgan fingerprint density at radius 1 is 0.892 bits per heavy atom. The van der Waals surface area contributed by atoms with Gasteiger partial charge in [0.05, 0.1) is 17.4 Å². The molecule has 1 N–H and O–H groups in total. The summed E-state index contributed by atoms with van der Waals surface area (Å²) in [7, 11) is 0. The third kappa shape index (κ3) is 4.93. The van der Waals surface area contributed by atoms with Crippen LogP contribution in [0.15, 0.2) is 78.0 Å². The lowest BCUT2D eigenvalue weighted by Gasteiger charge is -2.35. The number of nitrogens with zero attached hydrogens (tertiary/aromatic N) is 1. The van der Waals surface area contributed by atoms with Gasteiger partial charge >= 0.3 is 0 Å². The van der Waals surface area contributed by atoms with Crippen molar-refractivity contribution >= 4 is 46.3 Å². The Morgan fingerprint density at radius 3 is 2.14 bits per heavy atom. The molecule has 37 heavy (non-hydrogen) atoms. The fourth-order valence-corrected chi connectivity index (χ4v) is 5.72. The lowest BCUT2D eigenvalue weighted by atomic mass is 9.78. The van der Waals surface area contributed by atoms with Crippen molar-refractivity contribution in [3.63, 3.8) is 0 Å². The van der Waals surface area contributed by atoms with Crippen LogP contribution < -0.4 is 10.2 Å². The van der Waals surface area contributed by atoms with Gasteiger partial charge in [0.2, 0.25) is 5.91 Å². The molecule has 0 radical (unpaired) electrons. The summed E-state index contributed by atoms with van der Waals surface area (Å²) >= 11 is 12.5. The number of Topliss-reactive ketones (excluding diaryl/α,β-unsaturated/α-hetero) is 1. The summed E-state index contributed by atoms with van der Waals surface area (Å²) in [4.78, 5) is 28.9. The van der Waals surface area contributed by atoms with E-state index in [1.54, 1.807) is 17.9 Å². The zero-order valence-electron chi connectivity index (χ0n) is 21.4. The predicted octanol–water partition coefficient (Wildman–Crippen LogP) is 8.21. The second kappa shape index (κ2) is 9.66. The molecule has 2 aliphatic rings. The van der Waals surface area contributed by atoms with E-state index >= 15 is 0 Å². The number of carbonyl (C=O) groups excluding carboxylic acids is 2. The second-order valence-corrected chi connectivity index (χ2v) is 11.8. The number of halogens is 2.